The van der Waals surface area contributed by atoms with Crippen LogP contribution in [0, 0.1) is 6.85 Å². The van der Waals surface area contributed by atoms with Gasteiger partial charge in [-0.3, -0.25) is 4.68 Å². The molecule has 0 saturated carbocycles. The number of rotatable bonds is 10. The van der Waals surface area contributed by atoms with Crippen LogP contribution in [0.3, 0.4) is 0 Å². The van der Waals surface area contributed by atoms with Gasteiger partial charge in [0.15, 0.2) is 0 Å². The largest absolute Gasteiger partial charge is 0.508 e. The average molecular weight is 530 g/mol. The molecule has 1 aromatic carbocycles. The highest BCUT2D eigenvalue weighted by atomic mass is 16.7. The summed E-state index contributed by atoms with van der Waals surface area (Å²) < 4.78 is 86.3. The Morgan fingerprint density at radius 1 is 1.16 bits per heavy atom. The normalized spacial score (nSPS) is 27.9. The van der Waals surface area contributed by atoms with E-state index in [1.165, 1.54) is 52.0 Å². The number of carbonyl (C=O) groups is 1. The van der Waals surface area contributed by atoms with Crippen LogP contribution in [0.15, 0.2) is 24.3 Å². The predicted molar refractivity (Wildman–Crippen MR) is 133 cm³/mol. The molecule has 1 aliphatic rings. The quantitative estimate of drug-likeness (QED) is 0.393. The van der Waals surface area contributed by atoms with Crippen molar-refractivity contribution in [1.29, 1.82) is 0 Å². The molecule has 1 saturated heterocycles. The molecular formula is C26H38N2O9. The van der Waals surface area contributed by atoms with Crippen molar-refractivity contribution >= 4 is 6.16 Å². The number of benzene rings is 1. The number of nitrogens with zero attached hydrogens (tertiary/aromatic N) is 2. The summed E-state index contributed by atoms with van der Waals surface area (Å²) in [5, 5.41) is 35.7. The standard InChI is InChI=1S/C26H38N2O9/c1-7-33-26(32)34-13-20-21(29)22(30)23(31)25(36-20)37-24-19(16(6)28(27-24)14(2)3)12-17-8-10-18(11-9-17)35-15(4)5/h8-11,14-15,20-23,25,29-31H,7,12-13H2,1-6H3/t20-,21-,22+,23-,25+/m1/s1/i6D3,12D2,14D,15D. The number of aliphatic hydroxyl groups is 3. The first-order valence-corrected chi connectivity index (χ1v) is 11.7. The maximum atomic E-state index is 11.7. The maximum absolute atomic E-state index is 11.7. The Balaban J connectivity index is 2.11. The Kier molecular flexibility index (Phi) is 6.86. The van der Waals surface area contributed by atoms with Gasteiger partial charge in [0.25, 0.3) is 0 Å². The van der Waals surface area contributed by atoms with E-state index in [0.717, 1.165) is 4.68 Å². The summed E-state index contributed by atoms with van der Waals surface area (Å²) in [6, 6.07) is 3.71. The third-order valence-corrected chi connectivity index (χ3v) is 5.25. The SMILES string of the molecule is [2H]C(C)(C)Oc1ccc(C([2H])([2H])c2c(O[C@@H]3O[C@H](COC(=O)OCC)[C@@H](O)[C@H](O)[C@H]3O)nn(C([2H])(C)C)c2C([2H])([2H])[2H])cc1. The molecule has 0 aliphatic carbocycles. The van der Waals surface area contributed by atoms with Crippen LogP contribution >= 0.6 is 0 Å². The second-order valence-corrected chi connectivity index (χ2v) is 8.67. The lowest BCUT2D eigenvalue weighted by Crippen LogP contribution is -2.60. The first-order chi connectivity index (χ1) is 20.1. The number of hydrogen-bond donors (Lipinski definition) is 3. The molecule has 2 heterocycles. The molecule has 0 radical (unpaired) electrons. The average Bonchev–Trinajstić information content (AvgIpc) is 3.29. The van der Waals surface area contributed by atoms with Gasteiger partial charge in [0.1, 0.15) is 36.8 Å². The molecule has 2 aromatic rings. The minimum Gasteiger partial charge on any atom is -0.491 e. The Morgan fingerprint density at radius 3 is 2.46 bits per heavy atom. The van der Waals surface area contributed by atoms with Gasteiger partial charge in [-0.05, 0) is 59.2 Å². The Labute approximate surface area is 226 Å². The van der Waals surface area contributed by atoms with E-state index in [4.69, 9.17) is 28.5 Å². The molecule has 1 fully saturated rings. The molecule has 37 heavy (non-hydrogen) atoms. The fourth-order valence-corrected chi connectivity index (χ4v) is 3.47. The molecule has 11 nitrogen and oxygen atoms in total. The Morgan fingerprint density at radius 2 is 1.86 bits per heavy atom. The zero-order valence-corrected chi connectivity index (χ0v) is 21.3. The van der Waals surface area contributed by atoms with Crippen molar-refractivity contribution in [2.45, 2.75) is 90.6 Å². The summed E-state index contributed by atoms with van der Waals surface area (Å²) in [5.41, 5.74) is -1.34. The highest BCUT2D eigenvalue weighted by molar-refractivity contribution is 5.59. The number of hydrogen-bond acceptors (Lipinski definition) is 10. The van der Waals surface area contributed by atoms with Gasteiger partial charge < -0.3 is 39.0 Å². The maximum Gasteiger partial charge on any atom is 0.508 e. The minimum atomic E-state index is -3.02. The zero-order chi connectivity index (χ0) is 33.4. The van der Waals surface area contributed by atoms with Gasteiger partial charge in [0.2, 0.25) is 12.2 Å². The number of aliphatic hydroxyl groups excluding tert-OH is 3. The molecule has 1 aromatic heterocycles. The lowest BCUT2D eigenvalue weighted by Gasteiger charge is -2.39. The van der Waals surface area contributed by atoms with Crippen LogP contribution < -0.4 is 9.47 Å². The van der Waals surface area contributed by atoms with E-state index < -0.39 is 85.9 Å². The monoisotopic (exact) mass is 529 g/mol. The van der Waals surface area contributed by atoms with E-state index in [9.17, 15) is 20.1 Å². The fraction of sp³-hybridized carbons (Fsp3) is 0.615. The third kappa shape index (κ3) is 7.13. The number of ether oxygens (including phenoxy) is 5. The molecule has 5 atom stereocenters. The van der Waals surface area contributed by atoms with Crippen LogP contribution in [0.25, 0.3) is 0 Å². The summed E-state index contributed by atoms with van der Waals surface area (Å²) in [5.74, 6) is -0.422. The van der Waals surface area contributed by atoms with Crippen LogP contribution in [-0.2, 0) is 20.6 Å². The van der Waals surface area contributed by atoms with E-state index in [0.29, 0.717) is 0 Å². The molecule has 0 spiro atoms. The first kappa shape index (κ1) is 20.1. The van der Waals surface area contributed by atoms with Gasteiger partial charge in [-0.25, -0.2) is 4.79 Å². The van der Waals surface area contributed by atoms with Crippen molar-refractivity contribution < 1.29 is 53.4 Å². The van der Waals surface area contributed by atoms with Crippen molar-refractivity contribution in [2.75, 3.05) is 13.2 Å². The van der Waals surface area contributed by atoms with Gasteiger partial charge in [-0.2, -0.15) is 0 Å². The molecule has 206 valence electrons. The van der Waals surface area contributed by atoms with Gasteiger partial charge >= 0.3 is 6.16 Å². The molecule has 0 bridgehead atoms. The second-order valence-electron chi connectivity index (χ2n) is 8.67. The summed E-state index contributed by atoms with van der Waals surface area (Å²) in [6.07, 6.45) is -13.9. The van der Waals surface area contributed by atoms with E-state index in [1.54, 1.807) is 6.92 Å². The van der Waals surface area contributed by atoms with Gasteiger partial charge in [-0.1, -0.05) is 12.1 Å². The van der Waals surface area contributed by atoms with Crippen molar-refractivity contribution in [3.63, 3.8) is 0 Å². The van der Waals surface area contributed by atoms with Crippen molar-refractivity contribution in [1.82, 2.24) is 9.78 Å². The van der Waals surface area contributed by atoms with E-state index in [1.807, 2.05) is 0 Å². The van der Waals surface area contributed by atoms with Crippen LogP contribution in [-0.4, -0.2) is 81.3 Å². The van der Waals surface area contributed by atoms with Crippen molar-refractivity contribution in [2.24, 2.45) is 0 Å². The van der Waals surface area contributed by atoms with Gasteiger partial charge in [0.05, 0.1) is 15.4 Å². The number of aromatic nitrogens is 2. The molecule has 11 heteroatoms. The van der Waals surface area contributed by atoms with Crippen LogP contribution in [0.1, 0.15) is 67.1 Å². The molecule has 3 N–H and O–H groups in total. The van der Waals surface area contributed by atoms with Crippen molar-refractivity contribution in [3.8, 4) is 11.6 Å². The highest BCUT2D eigenvalue weighted by Gasteiger charge is 2.46. The summed E-state index contributed by atoms with van der Waals surface area (Å²) in [7, 11) is 0. The van der Waals surface area contributed by atoms with E-state index in [-0.39, 0.29) is 17.9 Å². The lowest BCUT2D eigenvalue weighted by atomic mass is 9.99. The van der Waals surface area contributed by atoms with E-state index in [2.05, 4.69) is 9.84 Å². The molecule has 0 unspecified atom stereocenters. The molecule has 0 amide bonds. The highest BCUT2D eigenvalue weighted by Crippen LogP contribution is 2.31. The lowest BCUT2D eigenvalue weighted by molar-refractivity contribution is -0.278. The topological polar surface area (TPSA) is 142 Å². The van der Waals surface area contributed by atoms with Crippen LogP contribution in [0.4, 0.5) is 4.79 Å². The van der Waals surface area contributed by atoms with Crippen LogP contribution in [0.5, 0.6) is 11.6 Å². The molecule has 1 aliphatic heterocycles. The summed E-state index contributed by atoms with van der Waals surface area (Å²) >= 11 is 0. The van der Waals surface area contributed by atoms with Crippen molar-refractivity contribution in [3.05, 3.63) is 41.1 Å². The smallest absolute Gasteiger partial charge is 0.491 e. The predicted octanol–water partition coefficient (Wildman–Crippen LogP) is 2.51. The fourth-order valence-electron chi connectivity index (χ4n) is 3.47. The summed E-state index contributed by atoms with van der Waals surface area (Å²) in [6.45, 7) is 3.55. The summed E-state index contributed by atoms with van der Waals surface area (Å²) in [4.78, 5) is 11.7. The Hall–Kier alpha value is -2.86. The van der Waals surface area contributed by atoms with Gasteiger partial charge in [0, 0.05) is 30.5 Å². The first-order valence-electron chi connectivity index (χ1n) is 15.2. The van der Waals surface area contributed by atoms with E-state index >= 15 is 0 Å². The Bertz CT molecular complexity index is 1290. The molecular weight excluding hydrogens is 484 g/mol. The minimum absolute atomic E-state index is 0.00353. The second kappa shape index (κ2) is 12.6. The van der Waals surface area contributed by atoms with Crippen LogP contribution in [0.2, 0.25) is 0 Å². The number of carbonyl (C=O) groups excluding carboxylic acids is 1. The zero-order valence-electron chi connectivity index (χ0n) is 28.3. The van der Waals surface area contributed by atoms with Gasteiger partial charge in [-0.15, -0.1) is 5.10 Å². The third-order valence-electron chi connectivity index (χ3n) is 5.25. The molecule has 3 rings (SSSR count).